The van der Waals surface area contributed by atoms with Crippen LogP contribution in [0, 0.1) is 0 Å². The minimum atomic E-state index is 0.764. The number of benzene rings is 1. The number of piperazine rings is 1. The van der Waals surface area contributed by atoms with Gasteiger partial charge in [-0.1, -0.05) is 12.1 Å². The fraction of sp³-hybridized carbons (Fsp3) is 0.455. The van der Waals surface area contributed by atoms with E-state index in [2.05, 4.69) is 37.2 Å². The van der Waals surface area contributed by atoms with Gasteiger partial charge in [0.15, 0.2) is 17.5 Å². The summed E-state index contributed by atoms with van der Waals surface area (Å²) in [7, 11) is 5.17. The van der Waals surface area contributed by atoms with E-state index in [9.17, 15) is 0 Å². The zero-order chi connectivity index (χ0) is 20.5. The zero-order valence-electron chi connectivity index (χ0n) is 17.6. The van der Waals surface area contributed by atoms with Gasteiger partial charge in [0.05, 0.1) is 14.2 Å². The second-order valence-electron chi connectivity index (χ2n) is 6.93. The van der Waals surface area contributed by atoms with Gasteiger partial charge in [0, 0.05) is 46.0 Å². The molecule has 7 heteroatoms. The molecule has 1 N–H and O–H groups in total. The minimum absolute atomic E-state index is 0.764. The van der Waals surface area contributed by atoms with Crippen molar-refractivity contribution < 1.29 is 9.47 Å². The SMILES string of the molecule is CN=C(NCCCc1ccc(OC)c(OC)c1)N1CCN(c2ccccn2)CC1. The third-order valence-corrected chi connectivity index (χ3v) is 5.14. The molecule has 0 atom stereocenters. The first-order chi connectivity index (χ1) is 14.2. The fourth-order valence-corrected chi connectivity index (χ4v) is 3.55. The Bertz CT molecular complexity index is 789. The van der Waals surface area contributed by atoms with Gasteiger partial charge in [-0.3, -0.25) is 4.99 Å². The number of aryl methyl sites for hydroxylation is 1. The van der Waals surface area contributed by atoms with E-state index in [-0.39, 0.29) is 0 Å². The molecule has 1 aliphatic heterocycles. The number of hydrogen-bond acceptors (Lipinski definition) is 5. The Labute approximate surface area is 173 Å². The van der Waals surface area contributed by atoms with Crippen LogP contribution in [0.4, 0.5) is 5.82 Å². The molecule has 2 aromatic rings. The van der Waals surface area contributed by atoms with Crippen molar-refractivity contribution in [1.82, 2.24) is 15.2 Å². The molecule has 1 aromatic carbocycles. The van der Waals surface area contributed by atoms with Crippen molar-refractivity contribution in [2.45, 2.75) is 12.8 Å². The summed E-state index contributed by atoms with van der Waals surface area (Å²) in [6, 6.07) is 12.1. The van der Waals surface area contributed by atoms with E-state index in [4.69, 9.17) is 9.47 Å². The van der Waals surface area contributed by atoms with Gasteiger partial charge < -0.3 is 24.6 Å². The average Bonchev–Trinajstić information content (AvgIpc) is 2.79. The average molecular weight is 398 g/mol. The van der Waals surface area contributed by atoms with E-state index < -0.39 is 0 Å². The Morgan fingerprint density at radius 3 is 2.52 bits per heavy atom. The first-order valence-electron chi connectivity index (χ1n) is 10.1. The molecule has 29 heavy (non-hydrogen) atoms. The molecule has 1 saturated heterocycles. The number of guanidine groups is 1. The molecule has 0 aliphatic carbocycles. The monoisotopic (exact) mass is 397 g/mol. The number of rotatable bonds is 7. The van der Waals surface area contributed by atoms with E-state index in [0.29, 0.717) is 0 Å². The number of hydrogen-bond donors (Lipinski definition) is 1. The topological polar surface area (TPSA) is 62.2 Å². The maximum Gasteiger partial charge on any atom is 0.193 e. The Balaban J connectivity index is 1.43. The lowest BCUT2D eigenvalue weighted by Crippen LogP contribution is -2.52. The van der Waals surface area contributed by atoms with Crippen LogP contribution in [-0.4, -0.2) is 69.8 Å². The van der Waals surface area contributed by atoms with E-state index in [1.54, 1.807) is 14.2 Å². The molecule has 0 saturated carbocycles. The Hall–Kier alpha value is -2.96. The predicted octanol–water partition coefficient (Wildman–Crippen LogP) is 2.43. The Morgan fingerprint density at radius 2 is 1.86 bits per heavy atom. The molecule has 0 spiro atoms. The number of aromatic nitrogens is 1. The molecule has 0 bridgehead atoms. The smallest absolute Gasteiger partial charge is 0.193 e. The van der Waals surface area contributed by atoms with Gasteiger partial charge in [0.2, 0.25) is 0 Å². The van der Waals surface area contributed by atoms with Crippen molar-refractivity contribution in [1.29, 1.82) is 0 Å². The number of nitrogens with one attached hydrogen (secondary N) is 1. The van der Waals surface area contributed by atoms with Gasteiger partial charge in [-0.15, -0.1) is 0 Å². The molecule has 1 aromatic heterocycles. The molecule has 3 rings (SSSR count). The van der Waals surface area contributed by atoms with Crippen LogP contribution in [0.25, 0.3) is 0 Å². The van der Waals surface area contributed by atoms with Crippen LogP contribution in [-0.2, 0) is 6.42 Å². The molecule has 7 nitrogen and oxygen atoms in total. The van der Waals surface area contributed by atoms with Crippen molar-refractivity contribution in [3.05, 3.63) is 48.2 Å². The maximum atomic E-state index is 5.38. The summed E-state index contributed by atoms with van der Waals surface area (Å²) in [6.07, 6.45) is 3.83. The summed E-state index contributed by atoms with van der Waals surface area (Å²) in [5.41, 5.74) is 1.24. The second-order valence-corrected chi connectivity index (χ2v) is 6.93. The van der Waals surface area contributed by atoms with E-state index in [1.807, 2.05) is 37.5 Å². The highest BCUT2D eigenvalue weighted by Gasteiger charge is 2.20. The second kappa shape index (κ2) is 10.5. The van der Waals surface area contributed by atoms with Crippen molar-refractivity contribution in [3.63, 3.8) is 0 Å². The van der Waals surface area contributed by atoms with E-state index in [0.717, 1.165) is 68.8 Å². The zero-order valence-corrected chi connectivity index (χ0v) is 17.6. The van der Waals surface area contributed by atoms with Gasteiger partial charge >= 0.3 is 0 Å². The Morgan fingerprint density at radius 1 is 1.07 bits per heavy atom. The highest BCUT2D eigenvalue weighted by atomic mass is 16.5. The van der Waals surface area contributed by atoms with Gasteiger partial charge in [-0.2, -0.15) is 0 Å². The normalized spacial score (nSPS) is 14.7. The third-order valence-electron chi connectivity index (χ3n) is 5.14. The summed E-state index contributed by atoms with van der Waals surface area (Å²) >= 11 is 0. The number of nitrogens with zero attached hydrogens (tertiary/aromatic N) is 4. The summed E-state index contributed by atoms with van der Waals surface area (Å²) in [4.78, 5) is 13.6. The summed E-state index contributed by atoms with van der Waals surface area (Å²) in [5.74, 6) is 3.56. The molecule has 0 radical (unpaired) electrons. The van der Waals surface area contributed by atoms with Crippen molar-refractivity contribution >= 4 is 11.8 Å². The van der Waals surface area contributed by atoms with Crippen LogP contribution in [0.5, 0.6) is 11.5 Å². The highest BCUT2D eigenvalue weighted by molar-refractivity contribution is 5.80. The number of ether oxygens (including phenoxy) is 2. The molecular formula is C22H31N5O2. The summed E-state index contributed by atoms with van der Waals surface area (Å²) in [5, 5.41) is 3.50. The molecule has 0 amide bonds. The Kier molecular flexibility index (Phi) is 7.55. The van der Waals surface area contributed by atoms with Gasteiger partial charge in [-0.25, -0.2) is 4.98 Å². The van der Waals surface area contributed by atoms with E-state index >= 15 is 0 Å². The molecular weight excluding hydrogens is 366 g/mol. The van der Waals surface area contributed by atoms with Gasteiger partial charge in [0.1, 0.15) is 5.82 Å². The van der Waals surface area contributed by atoms with Crippen molar-refractivity contribution in [2.75, 3.05) is 58.9 Å². The van der Waals surface area contributed by atoms with E-state index in [1.165, 1.54) is 5.56 Å². The van der Waals surface area contributed by atoms with Crippen LogP contribution in [0.3, 0.4) is 0 Å². The standard InChI is InChI=1S/C22H31N5O2/c1-23-22(27-15-13-26(14-16-27)21-8-4-5-11-24-21)25-12-6-7-18-9-10-19(28-2)20(17-18)29-3/h4-5,8-11,17H,6-7,12-16H2,1-3H3,(H,23,25). The first-order valence-corrected chi connectivity index (χ1v) is 10.1. The lowest BCUT2D eigenvalue weighted by atomic mass is 10.1. The van der Waals surface area contributed by atoms with Gasteiger partial charge in [-0.05, 0) is 42.7 Å². The van der Waals surface area contributed by atoms with Crippen LogP contribution in [0.15, 0.2) is 47.6 Å². The number of aliphatic imine (C=N–C) groups is 1. The van der Waals surface area contributed by atoms with Crippen LogP contribution in [0.1, 0.15) is 12.0 Å². The van der Waals surface area contributed by atoms with Gasteiger partial charge in [0.25, 0.3) is 0 Å². The van der Waals surface area contributed by atoms with Crippen molar-refractivity contribution in [3.8, 4) is 11.5 Å². The van der Waals surface area contributed by atoms with Crippen LogP contribution < -0.4 is 19.7 Å². The lowest BCUT2D eigenvalue weighted by Gasteiger charge is -2.37. The maximum absolute atomic E-state index is 5.38. The fourth-order valence-electron chi connectivity index (χ4n) is 3.55. The summed E-state index contributed by atoms with van der Waals surface area (Å²) in [6.45, 7) is 4.64. The predicted molar refractivity (Wildman–Crippen MR) is 117 cm³/mol. The van der Waals surface area contributed by atoms with Crippen LogP contribution >= 0.6 is 0 Å². The number of methoxy groups -OCH3 is 2. The minimum Gasteiger partial charge on any atom is -0.493 e. The highest BCUT2D eigenvalue weighted by Crippen LogP contribution is 2.27. The largest absolute Gasteiger partial charge is 0.493 e. The third kappa shape index (κ3) is 5.53. The quantitative estimate of drug-likeness (QED) is 0.440. The van der Waals surface area contributed by atoms with Crippen LogP contribution in [0.2, 0.25) is 0 Å². The number of pyridine rings is 1. The molecule has 1 fully saturated rings. The van der Waals surface area contributed by atoms with Crippen molar-refractivity contribution in [2.24, 2.45) is 4.99 Å². The molecule has 1 aliphatic rings. The molecule has 0 unspecified atom stereocenters. The first kappa shape index (κ1) is 20.8. The number of anilines is 1. The molecule has 2 heterocycles. The lowest BCUT2D eigenvalue weighted by molar-refractivity contribution is 0.354. The molecule has 156 valence electrons. The summed E-state index contributed by atoms with van der Waals surface area (Å²) < 4.78 is 10.7.